The molecular weight excluding hydrogens is 1880 g/mol. The van der Waals surface area contributed by atoms with Crippen molar-refractivity contribution in [3.8, 4) is 0 Å². The lowest BCUT2D eigenvalue weighted by molar-refractivity contribution is -0.104. The molecule has 1 saturated heterocycles. The standard InChI is InChI=1S/2C10H9FO.4C10H10O.2C9H9NO.C9H14O.C8H6FNO.C8H7NO.C8H12O2.C8H12O.C6H5NO2/c1-8-4-5-9(3-2-6-12)7-10(8)11;1-8-4-5-9(3-2-6-12)10(11)7-8;3*1-9-4-6-10(7-5-9)3-2-8-11;1-9-5-2-3-6-10(9)7-4-8-11;1-8-4-5-9(10-7-8)3-2-6-11;1-8-5-9(3-2-4-11)7-10-6-8;10-8-4-7-9-5-2-1-3-6-9;9-8-4-7(2-1-3-11)5-10-6-8;10-7-3-5-8-4-1-2-6-9-8;9-6-3-5-8-4-1-2-7-10-8;9-7-3-6-8-4-1-2-5-8;8-3-1-2-6-4-9-5-7-6/h2*2-7H,1H3;4*2-8H,1H3;2*2-7H,1H3;4,7-9H,1-3,5-6H2;1-6H;1-7H;3,5-6,8H,1-2,4,7H2;3,6-8H,1-2,4-5H2;1-5H/b5*3-2+;7-4+;2*3-2+;7-4+;2-1+;2*5-3+;6-3+;2-1+. The molecule has 1 aliphatic heterocycles. The number of pyridine rings is 4. The van der Waals surface area contributed by atoms with E-state index in [1.807, 2.05) is 206 Å². The Hall–Kier alpha value is -17.4. The smallest absolute Gasteiger partial charge is 0.181 e. The highest BCUT2D eigenvalue weighted by atomic mass is 19.1. The lowest BCUT2D eigenvalue weighted by Crippen LogP contribution is -2.16. The number of hydrogen-bond acceptors (Lipinski definition) is 21. The molecule has 6 heterocycles. The summed E-state index contributed by atoms with van der Waals surface area (Å²) in [5.74, 6) is 0.448. The zero-order valence-electron chi connectivity index (χ0n) is 85.4. The first-order chi connectivity index (χ1) is 72.4. The molecule has 0 spiro atoms. The van der Waals surface area contributed by atoms with Crippen molar-refractivity contribution in [2.75, 3.05) is 6.61 Å². The number of oxazole rings is 1. The number of carbonyl (C=O) groups is 14. The van der Waals surface area contributed by atoms with Gasteiger partial charge in [-0.15, -0.1) is 0 Å². The lowest BCUT2D eigenvalue weighted by atomic mass is 9.89. The van der Waals surface area contributed by atoms with Crippen LogP contribution in [0.5, 0.6) is 0 Å². The van der Waals surface area contributed by atoms with Gasteiger partial charge >= 0.3 is 0 Å². The topological polar surface area (TPSA) is 326 Å². The number of carbonyl (C=O) groups excluding carboxylic acids is 14. The molecule has 0 amide bonds. The molecule has 5 aromatic heterocycles. The SMILES string of the molecule is Cc1ccc(/C=C/C=O)c(F)c1.Cc1ccc(/C=C/C=O)cc1.Cc1ccc(/C=C/C=O)cc1.Cc1ccc(/C=C/C=O)cc1.Cc1ccc(/C=C/C=O)cc1F.Cc1ccc(/C=C/C=O)nc1.Cc1ccccc1/C=C/C=O.Cc1cncc(/C=C/C=O)c1.O=C/C=C/C1CCCC1.O=C/C=C/C1CCCCC1.O=C/C=C/C1CCCCO1.O=C/C=C/c1ccccn1.O=C/C=C/c1cncc(F)c1.O=C/C=C/c1cocn1. The zero-order chi connectivity index (χ0) is 109. The van der Waals surface area contributed by atoms with E-state index < -0.39 is 5.82 Å². The van der Waals surface area contributed by atoms with Crippen molar-refractivity contribution in [3.63, 3.8) is 0 Å². The molecule has 11 aromatic rings. The molecular formula is C125H132F3N5O16. The molecule has 2 aliphatic carbocycles. The highest BCUT2D eigenvalue weighted by molar-refractivity contribution is 5.79. The van der Waals surface area contributed by atoms with Crippen LogP contribution in [-0.2, 0) is 71.9 Å². The van der Waals surface area contributed by atoms with Gasteiger partial charge in [0.1, 0.15) is 117 Å². The second kappa shape index (κ2) is 89.5. The van der Waals surface area contributed by atoms with Crippen molar-refractivity contribution in [3.05, 3.63) is 453 Å². The predicted octanol–water partition coefficient (Wildman–Crippen LogP) is 25.9. The van der Waals surface area contributed by atoms with Crippen LogP contribution < -0.4 is 0 Å². The molecule has 0 N–H and O–H groups in total. The van der Waals surface area contributed by atoms with Crippen LogP contribution in [0.4, 0.5) is 13.2 Å². The minimum atomic E-state index is -0.405. The van der Waals surface area contributed by atoms with Gasteiger partial charge in [-0.05, 0) is 331 Å². The first-order valence-corrected chi connectivity index (χ1v) is 47.7. The molecule has 3 aliphatic rings. The number of aromatic nitrogens is 5. The van der Waals surface area contributed by atoms with E-state index >= 15 is 0 Å². The molecule has 1 unspecified atom stereocenters. The average Bonchev–Trinajstić information content (AvgIpc) is 1.54. The van der Waals surface area contributed by atoms with Gasteiger partial charge in [0.25, 0.3) is 0 Å². The van der Waals surface area contributed by atoms with E-state index in [4.69, 9.17) is 4.74 Å². The van der Waals surface area contributed by atoms with Gasteiger partial charge in [0.15, 0.2) is 6.39 Å². The zero-order valence-corrected chi connectivity index (χ0v) is 85.4. The average molecular weight is 2020 g/mol. The fourth-order valence-electron chi connectivity index (χ4n) is 12.4. The summed E-state index contributed by atoms with van der Waals surface area (Å²) >= 11 is 0. The van der Waals surface area contributed by atoms with Gasteiger partial charge < -0.3 is 9.15 Å². The third kappa shape index (κ3) is 71.7. The normalized spacial score (nSPS) is 12.8. The molecule has 14 rings (SSSR count). The summed E-state index contributed by atoms with van der Waals surface area (Å²) in [4.78, 5) is 158. The molecule has 0 bridgehead atoms. The summed E-state index contributed by atoms with van der Waals surface area (Å²) < 4.78 is 48.3. The fraction of sp³-hybridized carbons (Fsp3) is 0.192. The minimum absolute atomic E-state index is 0.193. The summed E-state index contributed by atoms with van der Waals surface area (Å²) in [6.45, 7) is 16.4. The van der Waals surface area contributed by atoms with Gasteiger partial charge in [-0.1, -0.05) is 243 Å². The van der Waals surface area contributed by atoms with Crippen LogP contribution in [-0.4, -0.2) is 126 Å². The Morgan fingerprint density at radius 2 is 0.664 bits per heavy atom. The molecule has 24 heteroatoms. The number of rotatable bonds is 28. The largest absolute Gasteiger partial charge is 0.451 e. The maximum absolute atomic E-state index is 13.0. The second-order valence-corrected chi connectivity index (χ2v) is 32.1. The van der Waals surface area contributed by atoms with E-state index in [9.17, 15) is 80.3 Å². The number of ether oxygens (including phenoxy) is 1. The first kappa shape index (κ1) is 130. The van der Waals surface area contributed by atoms with E-state index in [-0.39, 0.29) is 17.7 Å². The maximum atomic E-state index is 13.0. The van der Waals surface area contributed by atoms with Crippen molar-refractivity contribution in [2.24, 2.45) is 11.8 Å². The Morgan fingerprint density at radius 3 is 1.08 bits per heavy atom. The lowest BCUT2D eigenvalue weighted by Gasteiger charge is -2.18. The minimum Gasteiger partial charge on any atom is -0.451 e. The van der Waals surface area contributed by atoms with Gasteiger partial charge in [0, 0.05) is 43.2 Å². The summed E-state index contributed by atoms with van der Waals surface area (Å²) in [6.07, 6.45) is 82.8. The summed E-state index contributed by atoms with van der Waals surface area (Å²) in [5.41, 5.74) is 17.8. The Bertz CT molecular complexity index is 5770. The van der Waals surface area contributed by atoms with Crippen molar-refractivity contribution < 1.29 is 89.4 Å². The highest BCUT2D eigenvalue weighted by Gasteiger charge is 2.12. The van der Waals surface area contributed by atoms with Crippen LogP contribution >= 0.6 is 0 Å². The molecule has 149 heavy (non-hydrogen) atoms. The number of aldehydes is 14. The summed E-state index contributed by atoms with van der Waals surface area (Å²) in [7, 11) is 0. The van der Waals surface area contributed by atoms with Gasteiger partial charge in [-0.3, -0.25) is 87.1 Å². The number of halogens is 3. The number of allylic oxidation sites excluding steroid dienone is 16. The Kier molecular flexibility index (Phi) is 77.8. The van der Waals surface area contributed by atoms with Crippen molar-refractivity contribution in [2.45, 2.75) is 139 Å². The number of nitrogens with zero attached hydrogens (tertiary/aromatic N) is 5. The van der Waals surface area contributed by atoms with E-state index in [1.54, 1.807) is 117 Å². The van der Waals surface area contributed by atoms with E-state index in [1.165, 1.54) is 209 Å². The third-order valence-electron chi connectivity index (χ3n) is 20.0. The predicted molar refractivity (Wildman–Crippen MR) is 594 cm³/mol. The van der Waals surface area contributed by atoms with Gasteiger partial charge in [-0.2, -0.15) is 0 Å². The van der Waals surface area contributed by atoms with Crippen LogP contribution in [0.3, 0.4) is 0 Å². The van der Waals surface area contributed by atoms with Crippen molar-refractivity contribution in [1.82, 2.24) is 24.9 Å². The highest BCUT2D eigenvalue weighted by Crippen LogP contribution is 2.26. The van der Waals surface area contributed by atoms with Gasteiger partial charge in [-0.25, -0.2) is 18.2 Å². The van der Waals surface area contributed by atoms with Crippen LogP contribution in [0.25, 0.3) is 66.8 Å². The van der Waals surface area contributed by atoms with Gasteiger partial charge in [0.2, 0.25) is 0 Å². The van der Waals surface area contributed by atoms with Crippen LogP contribution in [0.2, 0.25) is 0 Å². The molecule has 2 saturated carbocycles. The van der Waals surface area contributed by atoms with E-state index in [0.29, 0.717) is 64.9 Å². The van der Waals surface area contributed by atoms with E-state index in [2.05, 4.69) is 29.3 Å². The Morgan fingerprint density at radius 1 is 0.268 bits per heavy atom. The number of benzene rings is 6. The quantitative estimate of drug-likeness (QED) is 0.0325. The monoisotopic (exact) mass is 2020 g/mol. The molecule has 3 fully saturated rings. The fourth-order valence-corrected chi connectivity index (χ4v) is 12.4. The number of hydrogen-bond donors (Lipinski definition) is 0. The Labute approximate surface area is 873 Å². The second-order valence-electron chi connectivity index (χ2n) is 32.1. The molecule has 774 valence electrons. The van der Waals surface area contributed by atoms with Crippen LogP contribution in [0.1, 0.15) is 183 Å². The van der Waals surface area contributed by atoms with E-state index in [0.717, 1.165) is 144 Å². The number of aryl methyl sites for hydroxylation is 8. The van der Waals surface area contributed by atoms with Crippen molar-refractivity contribution in [1.29, 1.82) is 0 Å². The van der Waals surface area contributed by atoms with Crippen LogP contribution in [0, 0.1) is 84.7 Å². The molecule has 0 radical (unpaired) electrons. The maximum Gasteiger partial charge on any atom is 0.181 e. The van der Waals surface area contributed by atoms with Crippen LogP contribution in [0.15, 0.2) is 333 Å². The van der Waals surface area contributed by atoms with Crippen molar-refractivity contribution >= 4 is 155 Å². The summed E-state index contributed by atoms with van der Waals surface area (Å²) in [6, 6.07) is 54.3. The first-order valence-electron chi connectivity index (χ1n) is 47.7. The molecule has 6 aromatic carbocycles. The summed E-state index contributed by atoms with van der Waals surface area (Å²) in [5, 5.41) is 0. The molecule has 1 atom stereocenters. The third-order valence-corrected chi connectivity index (χ3v) is 20.0. The Balaban J connectivity index is 0.000000803. The van der Waals surface area contributed by atoms with Gasteiger partial charge in [0.05, 0.1) is 23.7 Å². The molecule has 21 nitrogen and oxygen atoms in total.